The number of nitrogens with zero attached hydrogens (tertiary/aromatic N) is 2. The van der Waals surface area contributed by atoms with Gasteiger partial charge in [0.15, 0.2) is 5.16 Å². The second kappa shape index (κ2) is 8.66. The lowest BCUT2D eigenvalue weighted by Crippen LogP contribution is -2.27. The molecule has 1 amide bonds. The average Bonchev–Trinajstić information content (AvgIpc) is 2.67. The molecule has 0 bridgehead atoms. The molecule has 0 radical (unpaired) electrons. The highest BCUT2D eigenvalue weighted by Gasteiger charge is 2.20. The van der Waals surface area contributed by atoms with Crippen molar-refractivity contribution in [3.05, 3.63) is 76.1 Å². The third kappa shape index (κ3) is 4.43. The maximum absolute atomic E-state index is 12.9. The quantitative estimate of drug-likeness (QED) is 0.368. The largest absolute Gasteiger partial charge is 0.325 e. The third-order valence-corrected chi connectivity index (χ3v) is 5.81. The fourth-order valence-corrected chi connectivity index (χ4v) is 4.26. The van der Waals surface area contributed by atoms with E-state index in [0.29, 0.717) is 22.6 Å². The molecule has 1 aromatic heterocycles. The number of amides is 1. The molecule has 2 aromatic carbocycles. The van der Waals surface area contributed by atoms with E-state index in [2.05, 4.69) is 16.9 Å². The molecule has 0 saturated carbocycles. The van der Waals surface area contributed by atoms with Crippen molar-refractivity contribution in [2.45, 2.75) is 44.6 Å². The molecule has 0 unspecified atom stereocenters. The van der Waals surface area contributed by atoms with Crippen LogP contribution >= 0.6 is 11.8 Å². The summed E-state index contributed by atoms with van der Waals surface area (Å²) >= 11 is 1.27. The highest BCUT2D eigenvalue weighted by Crippen LogP contribution is 2.26. The lowest BCUT2D eigenvalue weighted by atomic mass is 10.1. The number of thioether (sulfide) groups is 1. The van der Waals surface area contributed by atoms with Gasteiger partial charge in [-0.15, -0.1) is 6.58 Å². The van der Waals surface area contributed by atoms with Crippen molar-refractivity contribution in [2.24, 2.45) is 0 Å². The van der Waals surface area contributed by atoms with Crippen LogP contribution in [0.2, 0.25) is 0 Å². The molecule has 0 aliphatic carbocycles. The normalized spacial score (nSPS) is 12.0. The summed E-state index contributed by atoms with van der Waals surface area (Å²) in [4.78, 5) is 30.3. The van der Waals surface area contributed by atoms with Crippen molar-refractivity contribution >= 4 is 34.3 Å². The molecule has 1 N–H and O–H groups in total. The van der Waals surface area contributed by atoms with Gasteiger partial charge in [0.25, 0.3) is 5.56 Å². The Morgan fingerprint density at radius 3 is 2.55 bits per heavy atom. The Bertz CT molecular complexity index is 1130. The number of hydrogen-bond acceptors (Lipinski definition) is 4. The number of aromatic nitrogens is 2. The fourth-order valence-electron chi connectivity index (χ4n) is 3.34. The van der Waals surface area contributed by atoms with E-state index in [-0.39, 0.29) is 11.5 Å². The van der Waals surface area contributed by atoms with Gasteiger partial charge in [0, 0.05) is 12.2 Å². The second-order valence-corrected chi connectivity index (χ2v) is 8.45. The molecule has 3 rings (SSSR count). The van der Waals surface area contributed by atoms with Gasteiger partial charge in [-0.2, -0.15) is 0 Å². The van der Waals surface area contributed by atoms with Crippen LogP contribution in [0.4, 0.5) is 5.69 Å². The SMILES string of the molecule is C=CCn1c(S[C@H](C)C(=O)Nc2c(C)cc(C)cc2C)nc2ccccc2c1=O. The van der Waals surface area contributed by atoms with Crippen LogP contribution in [0, 0.1) is 20.8 Å². The Labute approximate surface area is 174 Å². The first-order valence-corrected chi connectivity index (χ1v) is 10.4. The van der Waals surface area contributed by atoms with Crippen LogP contribution in [0.15, 0.2) is 59.0 Å². The summed E-state index contributed by atoms with van der Waals surface area (Å²) in [7, 11) is 0. The van der Waals surface area contributed by atoms with E-state index in [9.17, 15) is 9.59 Å². The predicted octanol–water partition coefficient (Wildman–Crippen LogP) is 4.63. The van der Waals surface area contributed by atoms with Gasteiger partial charge >= 0.3 is 0 Å². The molecule has 150 valence electrons. The molecule has 0 saturated heterocycles. The minimum atomic E-state index is -0.431. The van der Waals surface area contributed by atoms with E-state index in [1.165, 1.54) is 11.8 Å². The Morgan fingerprint density at radius 2 is 1.90 bits per heavy atom. The predicted molar refractivity (Wildman–Crippen MR) is 121 cm³/mol. The number of fused-ring (bicyclic) bond motifs is 1. The van der Waals surface area contributed by atoms with Crippen LogP contribution in [-0.4, -0.2) is 20.7 Å². The Morgan fingerprint density at radius 1 is 1.24 bits per heavy atom. The van der Waals surface area contributed by atoms with Crippen molar-refractivity contribution in [3.63, 3.8) is 0 Å². The summed E-state index contributed by atoms with van der Waals surface area (Å²) in [5, 5.41) is 3.67. The highest BCUT2D eigenvalue weighted by atomic mass is 32.2. The molecule has 3 aromatic rings. The molecule has 0 aliphatic rings. The lowest BCUT2D eigenvalue weighted by Gasteiger charge is -2.17. The van der Waals surface area contributed by atoms with Crippen molar-refractivity contribution in [1.29, 1.82) is 0 Å². The molecule has 0 fully saturated rings. The lowest BCUT2D eigenvalue weighted by molar-refractivity contribution is -0.115. The van der Waals surface area contributed by atoms with Crippen LogP contribution in [0.5, 0.6) is 0 Å². The molecule has 5 nitrogen and oxygen atoms in total. The zero-order valence-electron chi connectivity index (χ0n) is 17.2. The summed E-state index contributed by atoms with van der Waals surface area (Å²) in [6.45, 7) is 11.9. The summed E-state index contributed by atoms with van der Waals surface area (Å²) in [5.41, 5.74) is 4.55. The topological polar surface area (TPSA) is 64.0 Å². The molecular formula is C23H25N3O2S. The Balaban J connectivity index is 1.90. The first kappa shape index (κ1) is 20.9. The van der Waals surface area contributed by atoms with Gasteiger partial charge in [-0.1, -0.05) is 47.7 Å². The Kier molecular flexibility index (Phi) is 6.23. The van der Waals surface area contributed by atoms with Gasteiger partial charge in [0.2, 0.25) is 5.91 Å². The zero-order chi connectivity index (χ0) is 21.1. The van der Waals surface area contributed by atoms with Gasteiger partial charge in [-0.25, -0.2) is 4.98 Å². The van der Waals surface area contributed by atoms with Crippen LogP contribution in [0.3, 0.4) is 0 Å². The van der Waals surface area contributed by atoms with E-state index in [0.717, 1.165) is 22.4 Å². The van der Waals surface area contributed by atoms with Gasteiger partial charge < -0.3 is 5.32 Å². The zero-order valence-corrected chi connectivity index (χ0v) is 18.0. The molecule has 0 aliphatic heterocycles. The molecule has 1 atom stereocenters. The monoisotopic (exact) mass is 407 g/mol. The number of aryl methyl sites for hydroxylation is 3. The summed E-state index contributed by atoms with van der Waals surface area (Å²) in [6, 6.07) is 11.3. The third-order valence-electron chi connectivity index (χ3n) is 4.71. The maximum Gasteiger partial charge on any atom is 0.262 e. The molecule has 0 spiro atoms. The number of carbonyl (C=O) groups is 1. The fraction of sp³-hybridized carbons (Fsp3) is 0.261. The van der Waals surface area contributed by atoms with Crippen LogP contribution in [-0.2, 0) is 11.3 Å². The summed E-state index contributed by atoms with van der Waals surface area (Å²) in [6.07, 6.45) is 1.66. The second-order valence-electron chi connectivity index (χ2n) is 7.14. The molecule has 29 heavy (non-hydrogen) atoms. The number of hydrogen-bond donors (Lipinski definition) is 1. The van der Waals surface area contributed by atoms with Gasteiger partial charge in [-0.05, 0) is 51.0 Å². The van der Waals surface area contributed by atoms with Crippen LogP contribution < -0.4 is 10.9 Å². The minimum Gasteiger partial charge on any atom is -0.325 e. The van der Waals surface area contributed by atoms with E-state index in [1.54, 1.807) is 16.7 Å². The highest BCUT2D eigenvalue weighted by molar-refractivity contribution is 8.00. The van der Waals surface area contributed by atoms with Crippen molar-refractivity contribution < 1.29 is 4.79 Å². The molecule has 6 heteroatoms. The van der Waals surface area contributed by atoms with Gasteiger partial charge in [-0.3, -0.25) is 14.2 Å². The first-order valence-electron chi connectivity index (χ1n) is 9.47. The van der Waals surface area contributed by atoms with Crippen molar-refractivity contribution in [1.82, 2.24) is 9.55 Å². The number of carbonyl (C=O) groups excluding carboxylic acids is 1. The molecule has 1 heterocycles. The maximum atomic E-state index is 12.9. The van der Waals surface area contributed by atoms with Crippen LogP contribution in [0.25, 0.3) is 10.9 Å². The van der Waals surface area contributed by atoms with Gasteiger partial charge in [0.05, 0.1) is 16.2 Å². The smallest absolute Gasteiger partial charge is 0.262 e. The van der Waals surface area contributed by atoms with Crippen molar-refractivity contribution in [2.75, 3.05) is 5.32 Å². The Hall–Kier alpha value is -2.86. The number of anilines is 1. The van der Waals surface area contributed by atoms with Gasteiger partial charge in [0.1, 0.15) is 0 Å². The van der Waals surface area contributed by atoms with Crippen LogP contribution in [0.1, 0.15) is 23.6 Å². The molecular weight excluding hydrogens is 382 g/mol. The number of nitrogens with one attached hydrogen (secondary N) is 1. The van der Waals surface area contributed by atoms with E-state index in [1.807, 2.05) is 58.0 Å². The first-order chi connectivity index (χ1) is 13.8. The minimum absolute atomic E-state index is 0.127. The van der Waals surface area contributed by atoms with Crippen molar-refractivity contribution in [3.8, 4) is 0 Å². The summed E-state index contributed by atoms with van der Waals surface area (Å²) in [5.74, 6) is -0.127. The number of benzene rings is 2. The standard InChI is InChI=1S/C23H25N3O2S/c1-6-11-26-22(28)18-9-7-8-10-19(18)24-23(26)29-17(5)21(27)25-20-15(3)12-14(2)13-16(20)4/h6-10,12-13,17H,1,11H2,2-5H3,(H,25,27)/t17-/m1/s1. The van der Waals surface area contributed by atoms with E-state index in [4.69, 9.17) is 0 Å². The number of allylic oxidation sites excluding steroid dienone is 1. The van der Waals surface area contributed by atoms with E-state index < -0.39 is 5.25 Å². The summed E-state index contributed by atoms with van der Waals surface area (Å²) < 4.78 is 1.56. The number of rotatable bonds is 6. The number of para-hydroxylation sites is 1. The average molecular weight is 408 g/mol. The van der Waals surface area contributed by atoms with E-state index >= 15 is 0 Å².